The fourth-order valence-electron chi connectivity index (χ4n) is 6.02. The average molecular weight is 590 g/mol. The molecule has 2 aromatic heterocycles. The molecule has 0 aliphatic carbocycles. The standard InChI is InChI=1S/C27H20F6N6O3/c1-11-14(8-34-25(35-11)38-9-26(41,10-38)27(31,32)33)13-5-18-16(6-15(13)28)36-22-17-7-19(39(18)22)21-12(23(40)37-17)3-2-4-20(21)42-24(29)30/h2-6,8,17,19,24,41H,7,9-10H2,1H3,(H,37,40)/t17-,19-/m1/s1. The number of ether oxygens (including phenoxy) is 1. The summed E-state index contributed by atoms with van der Waals surface area (Å²) in [5.74, 6) is -0.894. The van der Waals surface area contributed by atoms with Crippen LogP contribution in [0.1, 0.15) is 45.9 Å². The third-order valence-electron chi connectivity index (χ3n) is 8.03. The number of alkyl halides is 5. The molecule has 0 radical (unpaired) electrons. The Kier molecular flexibility index (Phi) is 5.55. The first kappa shape index (κ1) is 26.5. The van der Waals surface area contributed by atoms with E-state index in [1.807, 2.05) is 0 Å². The van der Waals surface area contributed by atoms with Crippen molar-refractivity contribution in [1.82, 2.24) is 24.8 Å². The van der Waals surface area contributed by atoms with Crippen molar-refractivity contribution in [3.8, 4) is 16.9 Å². The predicted octanol–water partition coefficient (Wildman–Crippen LogP) is 4.43. The summed E-state index contributed by atoms with van der Waals surface area (Å²) in [5, 5.41) is 12.6. The van der Waals surface area contributed by atoms with Crippen LogP contribution in [0.5, 0.6) is 5.75 Å². The van der Waals surface area contributed by atoms with Crippen LogP contribution in [-0.4, -0.2) is 62.0 Å². The number of carbonyl (C=O) groups excluding carboxylic acids is 1. The second-order valence-electron chi connectivity index (χ2n) is 10.6. The molecule has 7 rings (SSSR count). The smallest absolute Gasteiger partial charge is 0.420 e. The molecule has 9 nitrogen and oxygen atoms in total. The lowest BCUT2D eigenvalue weighted by atomic mass is 9.94. The number of hydrogen-bond donors (Lipinski definition) is 2. The Hall–Kier alpha value is -4.40. The molecule has 4 aromatic rings. The van der Waals surface area contributed by atoms with Crippen LogP contribution in [0.4, 0.5) is 32.3 Å². The lowest BCUT2D eigenvalue weighted by molar-refractivity contribution is -0.267. The van der Waals surface area contributed by atoms with Crippen molar-refractivity contribution in [2.45, 2.75) is 43.8 Å². The lowest BCUT2D eigenvalue weighted by Gasteiger charge is -2.46. The molecule has 3 aliphatic rings. The molecule has 218 valence electrons. The topological polar surface area (TPSA) is 105 Å². The zero-order chi connectivity index (χ0) is 29.7. The molecular formula is C27H20F6N6O3. The van der Waals surface area contributed by atoms with Crippen molar-refractivity contribution in [2.24, 2.45) is 0 Å². The van der Waals surface area contributed by atoms with Gasteiger partial charge in [-0.15, -0.1) is 0 Å². The number of nitrogens with one attached hydrogen (secondary N) is 1. The second kappa shape index (κ2) is 8.80. The monoisotopic (exact) mass is 590 g/mol. The summed E-state index contributed by atoms with van der Waals surface area (Å²) < 4.78 is 87.6. The Labute approximate surface area is 232 Å². The van der Waals surface area contributed by atoms with E-state index in [0.717, 1.165) is 0 Å². The van der Waals surface area contributed by atoms with E-state index in [4.69, 9.17) is 4.74 Å². The minimum absolute atomic E-state index is 0.0409. The van der Waals surface area contributed by atoms with Crippen LogP contribution in [-0.2, 0) is 0 Å². The summed E-state index contributed by atoms with van der Waals surface area (Å²) in [6, 6.07) is 5.86. The number of rotatable bonds is 4. The fourth-order valence-corrected chi connectivity index (χ4v) is 6.02. The third kappa shape index (κ3) is 3.82. The molecule has 1 saturated heterocycles. The summed E-state index contributed by atoms with van der Waals surface area (Å²) in [6.07, 6.45) is -3.19. The SMILES string of the molecule is Cc1nc(N2CC(O)(C(F)(F)F)C2)ncc1-c1cc2c(cc1F)nc1n2[C@@H]2C[C@H]1NC(=O)c1cccc(OC(F)F)c12. The second-order valence-corrected chi connectivity index (χ2v) is 10.6. The van der Waals surface area contributed by atoms with Crippen molar-refractivity contribution in [3.05, 3.63) is 65.0 Å². The highest BCUT2D eigenvalue weighted by atomic mass is 19.4. The van der Waals surface area contributed by atoms with Gasteiger partial charge >= 0.3 is 12.8 Å². The molecule has 0 unspecified atom stereocenters. The number of nitrogens with zero attached hydrogens (tertiary/aromatic N) is 5. The first-order chi connectivity index (χ1) is 19.8. The summed E-state index contributed by atoms with van der Waals surface area (Å²) in [4.78, 5) is 27.0. The maximum absolute atomic E-state index is 15.5. The summed E-state index contributed by atoms with van der Waals surface area (Å²) in [6.45, 7) is -3.02. The maximum atomic E-state index is 15.5. The van der Waals surface area contributed by atoms with Crippen molar-refractivity contribution < 1.29 is 41.0 Å². The molecule has 15 heteroatoms. The summed E-state index contributed by atoms with van der Waals surface area (Å²) >= 11 is 0. The molecule has 0 spiro atoms. The van der Waals surface area contributed by atoms with Gasteiger partial charge in [0.2, 0.25) is 5.95 Å². The number of aliphatic hydroxyl groups is 1. The Morgan fingerprint density at radius 2 is 1.90 bits per heavy atom. The normalized spacial score (nSPS) is 20.7. The number of carbonyl (C=O) groups is 1. The molecular weight excluding hydrogens is 570 g/mol. The number of imidazole rings is 1. The van der Waals surface area contributed by atoms with Gasteiger partial charge in [0.1, 0.15) is 17.4 Å². The number of fused-ring (bicyclic) bond motifs is 9. The van der Waals surface area contributed by atoms with E-state index in [0.29, 0.717) is 17.8 Å². The summed E-state index contributed by atoms with van der Waals surface area (Å²) in [7, 11) is 0. The van der Waals surface area contributed by atoms with Crippen molar-refractivity contribution in [2.75, 3.05) is 18.0 Å². The van der Waals surface area contributed by atoms with Gasteiger partial charge in [0.05, 0.1) is 41.9 Å². The average Bonchev–Trinajstić information content (AvgIpc) is 3.37. The Morgan fingerprint density at radius 1 is 1.14 bits per heavy atom. The molecule has 1 fully saturated rings. The van der Waals surface area contributed by atoms with E-state index in [9.17, 15) is 31.9 Å². The number of aromatic nitrogens is 4. The first-order valence-electron chi connectivity index (χ1n) is 12.8. The van der Waals surface area contributed by atoms with Gasteiger partial charge in [0.25, 0.3) is 5.91 Å². The molecule has 2 bridgehead atoms. The van der Waals surface area contributed by atoms with E-state index in [1.54, 1.807) is 11.5 Å². The predicted molar refractivity (Wildman–Crippen MR) is 135 cm³/mol. The van der Waals surface area contributed by atoms with Crippen LogP contribution < -0.4 is 15.0 Å². The Balaban J connectivity index is 1.30. The van der Waals surface area contributed by atoms with Crippen LogP contribution >= 0.6 is 0 Å². The van der Waals surface area contributed by atoms with Crippen LogP contribution in [0.2, 0.25) is 0 Å². The molecule has 3 aliphatic heterocycles. The highest BCUT2D eigenvalue weighted by Gasteiger charge is 2.61. The van der Waals surface area contributed by atoms with E-state index in [2.05, 4.69) is 20.3 Å². The minimum Gasteiger partial charge on any atom is -0.434 e. The molecule has 2 aromatic carbocycles. The molecule has 1 amide bonds. The van der Waals surface area contributed by atoms with Crippen molar-refractivity contribution >= 4 is 22.9 Å². The minimum atomic E-state index is -4.80. The summed E-state index contributed by atoms with van der Waals surface area (Å²) in [5.41, 5.74) is -1.03. The number of hydrogen-bond acceptors (Lipinski definition) is 7. The van der Waals surface area contributed by atoms with Crippen LogP contribution in [0, 0.1) is 12.7 Å². The zero-order valence-corrected chi connectivity index (χ0v) is 21.6. The first-order valence-corrected chi connectivity index (χ1v) is 12.8. The number of halogens is 6. The van der Waals surface area contributed by atoms with Gasteiger partial charge in [0.15, 0.2) is 5.60 Å². The van der Waals surface area contributed by atoms with Gasteiger partial charge in [-0.25, -0.2) is 19.3 Å². The highest BCUT2D eigenvalue weighted by Crippen LogP contribution is 2.48. The lowest BCUT2D eigenvalue weighted by Crippen LogP contribution is -2.69. The van der Waals surface area contributed by atoms with Gasteiger partial charge in [-0.2, -0.15) is 22.0 Å². The van der Waals surface area contributed by atoms with Crippen molar-refractivity contribution in [3.63, 3.8) is 0 Å². The molecule has 2 N–H and O–H groups in total. The Bertz CT molecular complexity index is 1780. The van der Waals surface area contributed by atoms with E-state index in [1.165, 1.54) is 41.4 Å². The fraction of sp³-hybridized carbons (Fsp3) is 0.333. The highest BCUT2D eigenvalue weighted by molar-refractivity contribution is 5.98. The Morgan fingerprint density at radius 3 is 2.60 bits per heavy atom. The van der Waals surface area contributed by atoms with Crippen molar-refractivity contribution in [1.29, 1.82) is 0 Å². The molecule has 5 heterocycles. The van der Waals surface area contributed by atoms with Gasteiger partial charge < -0.3 is 24.6 Å². The van der Waals surface area contributed by atoms with E-state index in [-0.39, 0.29) is 45.2 Å². The van der Waals surface area contributed by atoms with Crippen LogP contribution in [0.25, 0.3) is 22.2 Å². The number of anilines is 1. The van der Waals surface area contributed by atoms with E-state index < -0.39 is 55.3 Å². The largest absolute Gasteiger partial charge is 0.434 e. The van der Waals surface area contributed by atoms with Gasteiger partial charge in [-0.05, 0) is 31.5 Å². The quantitative estimate of drug-likeness (QED) is 0.339. The number of benzene rings is 2. The molecule has 42 heavy (non-hydrogen) atoms. The van der Waals surface area contributed by atoms with Crippen LogP contribution in [0.3, 0.4) is 0 Å². The van der Waals surface area contributed by atoms with E-state index >= 15 is 4.39 Å². The maximum Gasteiger partial charge on any atom is 0.420 e. The number of β-amino-alcohol motifs (C(OH)–C–C–N with tert-alkyl or cyclic N) is 1. The van der Waals surface area contributed by atoms with Gasteiger partial charge in [0, 0.05) is 34.5 Å². The van der Waals surface area contributed by atoms with Crippen LogP contribution in [0.15, 0.2) is 36.5 Å². The number of amides is 1. The zero-order valence-electron chi connectivity index (χ0n) is 21.6. The third-order valence-corrected chi connectivity index (χ3v) is 8.03. The van der Waals surface area contributed by atoms with Gasteiger partial charge in [-0.1, -0.05) is 6.07 Å². The molecule has 2 atom stereocenters. The van der Waals surface area contributed by atoms with Gasteiger partial charge in [-0.3, -0.25) is 4.79 Å². The molecule has 0 saturated carbocycles. The number of aryl methyl sites for hydroxylation is 1.